The summed E-state index contributed by atoms with van der Waals surface area (Å²) in [6.07, 6.45) is -0.237. The Morgan fingerprint density at radius 1 is 1.18 bits per heavy atom. The van der Waals surface area contributed by atoms with Crippen LogP contribution in [0.3, 0.4) is 0 Å². The number of ether oxygens (including phenoxy) is 2. The molecule has 5 aromatic rings. The van der Waals surface area contributed by atoms with Crippen molar-refractivity contribution in [2.24, 2.45) is 14.1 Å². The number of fused-ring (bicyclic) bond motifs is 5. The number of halogens is 4. The highest BCUT2D eigenvalue weighted by Gasteiger charge is 2.47. The lowest BCUT2D eigenvalue weighted by atomic mass is 9.94. The first kappa shape index (κ1) is 32.0. The summed E-state index contributed by atoms with van der Waals surface area (Å²) in [5.74, 6) is 0.441. The third-order valence-electron chi connectivity index (χ3n) is 10.3. The Bertz CT molecular complexity index is 2150. The highest BCUT2D eigenvalue weighted by Crippen LogP contribution is 2.47. The Morgan fingerprint density at radius 3 is 2.78 bits per heavy atom. The van der Waals surface area contributed by atoms with E-state index in [1.54, 1.807) is 30.3 Å². The van der Waals surface area contributed by atoms with Crippen LogP contribution in [-0.2, 0) is 25.0 Å². The zero-order valence-electron chi connectivity index (χ0n) is 27.7. The smallest absolute Gasteiger partial charge is 0.417 e. The van der Waals surface area contributed by atoms with Gasteiger partial charge in [0.15, 0.2) is 5.65 Å². The van der Waals surface area contributed by atoms with E-state index in [2.05, 4.69) is 15.1 Å². The number of rotatable bonds is 5. The molecule has 2 N–H and O–H groups in total. The minimum Gasteiger partial charge on any atom is -0.461 e. The molecule has 0 amide bonds. The number of β-amino-alcohol motifs (C(OH)–C–C–N with tert-alkyl or cyclic N) is 1. The second-order valence-corrected chi connectivity index (χ2v) is 14.0. The number of aryl methyl sites for hydroxylation is 3. The molecule has 0 aliphatic carbocycles. The van der Waals surface area contributed by atoms with Crippen LogP contribution >= 0.6 is 0 Å². The number of aromatic amines is 1. The van der Waals surface area contributed by atoms with E-state index in [4.69, 9.17) is 24.5 Å². The number of nitrogens with one attached hydrogen (secondary N) is 1. The molecule has 3 fully saturated rings. The monoisotopic (exact) mass is 683 g/mol. The molecule has 2 atom stereocenters. The molecule has 3 aliphatic heterocycles. The van der Waals surface area contributed by atoms with Crippen LogP contribution in [0.25, 0.3) is 44.2 Å². The molecule has 0 spiro atoms. The normalized spacial score (nSPS) is 24.6. The molecule has 0 radical (unpaired) electrons. The van der Waals surface area contributed by atoms with E-state index in [0.717, 1.165) is 25.0 Å². The third kappa shape index (κ3) is 5.05. The Kier molecular flexibility index (Phi) is 7.25. The molecule has 12 nitrogen and oxygen atoms in total. The van der Waals surface area contributed by atoms with Crippen LogP contribution in [0.15, 0.2) is 24.2 Å². The van der Waals surface area contributed by atoms with Crippen LogP contribution in [0.4, 0.5) is 23.4 Å². The van der Waals surface area contributed by atoms with Gasteiger partial charge < -0.3 is 24.0 Å². The Balaban J connectivity index is 1.35. The van der Waals surface area contributed by atoms with Crippen molar-refractivity contribution in [1.29, 1.82) is 0 Å². The second kappa shape index (κ2) is 11.1. The van der Waals surface area contributed by atoms with Crippen molar-refractivity contribution in [2.75, 3.05) is 50.9 Å². The van der Waals surface area contributed by atoms with Crippen molar-refractivity contribution in [1.82, 2.24) is 39.4 Å². The zero-order valence-corrected chi connectivity index (χ0v) is 27.7. The van der Waals surface area contributed by atoms with Gasteiger partial charge in [-0.1, -0.05) is 0 Å². The van der Waals surface area contributed by atoms with E-state index in [1.807, 2.05) is 4.90 Å². The Morgan fingerprint density at radius 2 is 2.00 bits per heavy atom. The number of anilines is 1. The number of hydrogen-bond donors (Lipinski definition) is 2. The molecule has 7 heterocycles. The maximum absolute atomic E-state index is 14.8. The highest BCUT2D eigenvalue weighted by molar-refractivity contribution is 6.15. The van der Waals surface area contributed by atoms with Gasteiger partial charge in [-0.3, -0.25) is 14.7 Å². The summed E-state index contributed by atoms with van der Waals surface area (Å²) in [6.45, 7) is 5.74. The van der Waals surface area contributed by atoms with Gasteiger partial charge in [0.05, 0.1) is 65.3 Å². The van der Waals surface area contributed by atoms with E-state index in [-0.39, 0.29) is 53.5 Å². The second-order valence-electron chi connectivity index (χ2n) is 14.0. The molecular weight excluding hydrogens is 646 g/mol. The number of alkyl halides is 3. The van der Waals surface area contributed by atoms with Gasteiger partial charge >= 0.3 is 12.2 Å². The van der Waals surface area contributed by atoms with Gasteiger partial charge in [0, 0.05) is 38.1 Å². The van der Waals surface area contributed by atoms with Crippen LogP contribution in [0.2, 0.25) is 0 Å². The lowest BCUT2D eigenvalue weighted by Crippen LogP contribution is -2.44. The molecule has 1 aromatic carbocycles. The number of H-pyrrole nitrogens is 1. The Hall–Kier alpha value is -4.28. The standard InChI is InChI=1S/C33H37F4N9O3/c1-18-10-21-20(13-38-41-21)22(24(18)33(35,36)37)25-27-26(44(4)42-25)23-28(43(27)3)39-30(40-29(23)45-8-9-48-16-31(2,47)15-45)49-17-32-6-5-7-46(32)14-19(11-32)12-34/h10,12-13,47H,5-9,11,14-17H2,1-4H3,(H,38,41)/b19-12-/t31-,32-/m0/s1. The number of benzene rings is 1. The first-order valence-corrected chi connectivity index (χ1v) is 16.3. The predicted octanol–water partition coefficient (Wildman–Crippen LogP) is 4.78. The van der Waals surface area contributed by atoms with Gasteiger partial charge in [-0.05, 0) is 56.9 Å². The topological polar surface area (TPSA) is 122 Å². The lowest BCUT2D eigenvalue weighted by molar-refractivity contribution is -0.137. The number of hydrogen-bond acceptors (Lipinski definition) is 9. The van der Waals surface area contributed by atoms with Gasteiger partial charge in [-0.25, -0.2) is 4.39 Å². The van der Waals surface area contributed by atoms with Crippen molar-refractivity contribution in [3.05, 3.63) is 35.3 Å². The van der Waals surface area contributed by atoms with E-state index in [0.29, 0.717) is 65.8 Å². The first-order valence-electron chi connectivity index (χ1n) is 16.3. The molecule has 260 valence electrons. The quantitative estimate of drug-likeness (QED) is 0.252. The fourth-order valence-electron chi connectivity index (χ4n) is 8.22. The third-order valence-corrected chi connectivity index (χ3v) is 10.3. The Labute approximate surface area is 278 Å². The summed E-state index contributed by atoms with van der Waals surface area (Å²) < 4.78 is 73.3. The van der Waals surface area contributed by atoms with E-state index < -0.39 is 17.3 Å². The van der Waals surface area contributed by atoms with Gasteiger partial charge in [-0.2, -0.15) is 33.3 Å². The van der Waals surface area contributed by atoms with Gasteiger partial charge in [-0.15, -0.1) is 0 Å². The first-order chi connectivity index (χ1) is 23.3. The largest absolute Gasteiger partial charge is 0.461 e. The minimum absolute atomic E-state index is 0.0396. The molecule has 8 rings (SSSR count). The maximum atomic E-state index is 14.8. The molecule has 0 saturated carbocycles. The molecule has 0 unspecified atom stereocenters. The summed E-state index contributed by atoms with van der Waals surface area (Å²) >= 11 is 0. The van der Waals surface area contributed by atoms with Gasteiger partial charge in [0.2, 0.25) is 0 Å². The molecule has 4 aromatic heterocycles. The van der Waals surface area contributed by atoms with Crippen molar-refractivity contribution < 1.29 is 32.1 Å². The molecule has 3 saturated heterocycles. The molecule has 16 heteroatoms. The molecule has 49 heavy (non-hydrogen) atoms. The van der Waals surface area contributed by atoms with Crippen molar-refractivity contribution in [2.45, 2.75) is 50.4 Å². The van der Waals surface area contributed by atoms with Crippen molar-refractivity contribution >= 4 is 38.8 Å². The number of aliphatic hydroxyl groups is 1. The average molecular weight is 684 g/mol. The van der Waals surface area contributed by atoms with Crippen LogP contribution in [-0.4, -0.2) is 102 Å². The van der Waals surface area contributed by atoms with Crippen LogP contribution in [0.5, 0.6) is 6.01 Å². The zero-order chi connectivity index (χ0) is 34.5. The lowest BCUT2D eigenvalue weighted by Gasteiger charge is -2.31. The van der Waals surface area contributed by atoms with Crippen LogP contribution in [0, 0.1) is 6.92 Å². The summed E-state index contributed by atoms with van der Waals surface area (Å²) in [5.41, 5.74) is 0.269. The van der Waals surface area contributed by atoms with Crippen molar-refractivity contribution in [3.63, 3.8) is 0 Å². The summed E-state index contributed by atoms with van der Waals surface area (Å²) in [5, 5.41) is 23.6. The maximum Gasteiger partial charge on any atom is 0.417 e. The van der Waals surface area contributed by atoms with Crippen LogP contribution < -0.4 is 9.64 Å². The molecule has 3 aliphatic rings. The van der Waals surface area contributed by atoms with E-state index in [1.165, 1.54) is 19.2 Å². The average Bonchev–Trinajstić information content (AvgIpc) is 3.83. The summed E-state index contributed by atoms with van der Waals surface area (Å²) in [7, 11) is 3.42. The van der Waals surface area contributed by atoms with Gasteiger partial charge in [0.25, 0.3) is 0 Å². The molecule has 0 bridgehead atoms. The van der Waals surface area contributed by atoms with E-state index >= 15 is 0 Å². The van der Waals surface area contributed by atoms with Crippen LogP contribution in [0.1, 0.15) is 37.3 Å². The SMILES string of the molecule is Cc1cc2[nH]ncc2c(-c2nn(C)c3c4c(N5CCOC[C@@](C)(O)C5)nc(OC[C@@]56CCCN5C/C(=C\F)C6)nc4n(C)c23)c1C(F)(F)F. The number of nitrogens with zero attached hydrogens (tertiary/aromatic N) is 8. The van der Waals surface area contributed by atoms with Gasteiger partial charge in [0.1, 0.15) is 23.7 Å². The number of aromatic nitrogens is 7. The van der Waals surface area contributed by atoms with E-state index in [9.17, 15) is 22.7 Å². The molecular formula is C33H37F4N9O3. The fourth-order valence-corrected chi connectivity index (χ4v) is 8.22. The summed E-state index contributed by atoms with van der Waals surface area (Å²) in [6, 6.07) is 1.52. The fraction of sp³-hybridized carbons (Fsp3) is 0.515. The summed E-state index contributed by atoms with van der Waals surface area (Å²) in [4.78, 5) is 13.9. The minimum atomic E-state index is -4.67. The predicted molar refractivity (Wildman–Crippen MR) is 174 cm³/mol. The van der Waals surface area contributed by atoms with Crippen molar-refractivity contribution in [3.8, 4) is 17.3 Å². The highest BCUT2D eigenvalue weighted by atomic mass is 19.4.